The maximum atomic E-state index is 13.9. The van der Waals surface area contributed by atoms with Gasteiger partial charge in [0, 0.05) is 31.6 Å². The lowest BCUT2D eigenvalue weighted by Gasteiger charge is -2.24. The Morgan fingerprint density at radius 1 is 0.841 bits per heavy atom. The number of carbonyl (C=O) groups is 3. The molecule has 0 aromatic heterocycles. The fourth-order valence-electron chi connectivity index (χ4n) is 6.41. The molecule has 1 unspecified atom stereocenters. The molecule has 232 valence electrons. The first-order chi connectivity index (χ1) is 21.5. The van der Waals surface area contributed by atoms with Gasteiger partial charge in [0.15, 0.2) is 0 Å². The van der Waals surface area contributed by atoms with E-state index in [1.54, 1.807) is 12.1 Å². The number of hydrogen-bond acceptors (Lipinski definition) is 5. The zero-order valence-electron chi connectivity index (χ0n) is 25.7. The van der Waals surface area contributed by atoms with Crippen molar-refractivity contribution in [3.05, 3.63) is 102 Å². The minimum atomic E-state index is -1.13. The highest BCUT2D eigenvalue weighted by molar-refractivity contribution is 5.87. The fourth-order valence-corrected chi connectivity index (χ4v) is 6.41. The molecule has 1 heterocycles. The second kappa shape index (κ2) is 15.6. The number of amides is 2. The molecular weight excluding hydrogens is 552 g/mol. The minimum Gasteiger partial charge on any atom is -0.494 e. The van der Waals surface area contributed by atoms with Crippen LogP contribution in [-0.2, 0) is 32.1 Å². The van der Waals surface area contributed by atoms with Crippen molar-refractivity contribution >= 4 is 17.8 Å². The number of esters is 1. The van der Waals surface area contributed by atoms with Gasteiger partial charge in [0.25, 0.3) is 5.91 Å². The molecule has 4 atom stereocenters. The summed E-state index contributed by atoms with van der Waals surface area (Å²) in [4.78, 5) is 43.0. The van der Waals surface area contributed by atoms with Crippen LogP contribution in [0.1, 0.15) is 68.2 Å². The SMILES string of the molecule is CCCOc1ccc(CC(CC(=O)N2C[C@H]3CCCC[C@H]3C2)C(=O)O[C@H](C(=O)NCc2ccccc2)c2ccccc2)cc1. The molecule has 2 aliphatic rings. The first-order valence-electron chi connectivity index (χ1n) is 16.1. The van der Waals surface area contributed by atoms with E-state index >= 15 is 0 Å². The maximum absolute atomic E-state index is 13.9. The van der Waals surface area contributed by atoms with Crippen LogP contribution in [0.5, 0.6) is 5.75 Å². The van der Waals surface area contributed by atoms with Crippen molar-refractivity contribution in [2.45, 2.75) is 64.5 Å². The molecule has 7 heteroatoms. The molecule has 0 spiro atoms. The second-order valence-electron chi connectivity index (χ2n) is 12.1. The van der Waals surface area contributed by atoms with Crippen LogP contribution in [0.4, 0.5) is 0 Å². The molecule has 1 saturated heterocycles. The van der Waals surface area contributed by atoms with Gasteiger partial charge in [-0.05, 0) is 60.8 Å². The summed E-state index contributed by atoms with van der Waals surface area (Å²) in [5.74, 6) is 0.179. The summed E-state index contributed by atoms with van der Waals surface area (Å²) < 4.78 is 11.7. The smallest absolute Gasteiger partial charge is 0.310 e. The lowest BCUT2D eigenvalue weighted by atomic mass is 9.82. The quantitative estimate of drug-likeness (QED) is 0.235. The standard InChI is InChI=1S/C37H44N2O5/c1-2-21-43-33-19-17-27(18-20-33)22-32(23-34(40)39-25-30-15-9-10-16-31(30)26-39)37(42)44-35(29-13-7-4-8-14-29)36(41)38-24-28-11-5-3-6-12-28/h3-8,11-14,17-20,30-32,35H,2,9-10,15-16,21-26H2,1H3,(H,38,41)/t30-,31+,32?,35-/m0/s1. The van der Waals surface area contributed by atoms with Gasteiger partial charge in [0.05, 0.1) is 12.5 Å². The van der Waals surface area contributed by atoms with Gasteiger partial charge in [-0.15, -0.1) is 0 Å². The Kier molecular flexibility index (Phi) is 11.1. The summed E-state index contributed by atoms with van der Waals surface area (Å²) in [5.41, 5.74) is 2.43. The highest BCUT2D eigenvalue weighted by Gasteiger charge is 2.38. The van der Waals surface area contributed by atoms with Crippen LogP contribution in [0.3, 0.4) is 0 Å². The molecule has 1 N–H and O–H groups in total. The van der Waals surface area contributed by atoms with Crippen LogP contribution in [-0.4, -0.2) is 42.4 Å². The Balaban J connectivity index is 1.32. The van der Waals surface area contributed by atoms with Gasteiger partial charge in [-0.1, -0.05) is 92.6 Å². The number of nitrogens with one attached hydrogen (secondary N) is 1. The van der Waals surface area contributed by atoms with Crippen LogP contribution in [0.25, 0.3) is 0 Å². The third-order valence-electron chi connectivity index (χ3n) is 8.85. The minimum absolute atomic E-state index is 0.0194. The first-order valence-corrected chi connectivity index (χ1v) is 16.1. The Morgan fingerprint density at radius 2 is 1.48 bits per heavy atom. The Labute approximate surface area is 260 Å². The largest absolute Gasteiger partial charge is 0.494 e. The fraction of sp³-hybridized carbons (Fsp3) is 0.432. The monoisotopic (exact) mass is 596 g/mol. The van der Waals surface area contributed by atoms with Crippen molar-refractivity contribution in [2.24, 2.45) is 17.8 Å². The van der Waals surface area contributed by atoms with Crippen LogP contribution in [0.2, 0.25) is 0 Å². The Hall–Kier alpha value is -4.13. The summed E-state index contributed by atoms with van der Waals surface area (Å²) in [6.07, 6.45) is 4.94. The van der Waals surface area contributed by atoms with Crippen LogP contribution < -0.4 is 10.1 Å². The lowest BCUT2D eigenvalue weighted by Crippen LogP contribution is -2.36. The van der Waals surface area contributed by atoms with Crippen molar-refractivity contribution in [3.63, 3.8) is 0 Å². The molecule has 1 saturated carbocycles. The summed E-state index contributed by atoms with van der Waals surface area (Å²) in [7, 11) is 0. The number of nitrogens with zero attached hydrogens (tertiary/aromatic N) is 1. The number of rotatable bonds is 13. The van der Waals surface area contributed by atoms with Crippen LogP contribution >= 0.6 is 0 Å². The molecule has 5 rings (SSSR count). The molecule has 3 aromatic rings. The molecule has 0 radical (unpaired) electrons. The number of fused-ring (bicyclic) bond motifs is 1. The number of benzene rings is 3. The maximum Gasteiger partial charge on any atom is 0.310 e. The van der Waals surface area contributed by atoms with Crippen molar-refractivity contribution in [3.8, 4) is 5.75 Å². The average molecular weight is 597 g/mol. The molecule has 1 aliphatic carbocycles. The van der Waals surface area contributed by atoms with E-state index in [2.05, 4.69) is 12.2 Å². The van der Waals surface area contributed by atoms with E-state index < -0.39 is 23.9 Å². The first kappa shape index (κ1) is 31.3. The number of hydrogen-bond donors (Lipinski definition) is 1. The van der Waals surface area contributed by atoms with Gasteiger partial charge >= 0.3 is 5.97 Å². The highest BCUT2D eigenvalue weighted by atomic mass is 16.5. The zero-order chi connectivity index (χ0) is 30.7. The van der Waals surface area contributed by atoms with Gasteiger partial charge < -0.3 is 19.7 Å². The predicted octanol–water partition coefficient (Wildman–Crippen LogP) is 6.27. The Morgan fingerprint density at radius 3 is 2.11 bits per heavy atom. The molecule has 1 aliphatic heterocycles. The highest BCUT2D eigenvalue weighted by Crippen LogP contribution is 2.36. The van der Waals surface area contributed by atoms with Gasteiger partial charge in [0.2, 0.25) is 12.0 Å². The molecule has 2 amide bonds. The zero-order valence-corrected chi connectivity index (χ0v) is 25.7. The molecule has 44 heavy (non-hydrogen) atoms. The second-order valence-corrected chi connectivity index (χ2v) is 12.1. The van der Waals surface area contributed by atoms with Gasteiger partial charge in [-0.25, -0.2) is 0 Å². The number of ether oxygens (including phenoxy) is 2. The van der Waals surface area contributed by atoms with Crippen molar-refractivity contribution in [2.75, 3.05) is 19.7 Å². The lowest BCUT2D eigenvalue weighted by molar-refractivity contribution is -0.162. The summed E-state index contributed by atoms with van der Waals surface area (Å²) >= 11 is 0. The van der Waals surface area contributed by atoms with E-state index in [1.165, 1.54) is 25.7 Å². The van der Waals surface area contributed by atoms with Crippen LogP contribution in [0.15, 0.2) is 84.9 Å². The third kappa shape index (κ3) is 8.49. The molecule has 0 bridgehead atoms. The van der Waals surface area contributed by atoms with E-state index in [1.807, 2.05) is 77.7 Å². The average Bonchev–Trinajstić information content (AvgIpc) is 3.51. The number of carbonyl (C=O) groups excluding carboxylic acids is 3. The third-order valence-corrected chi connectivity index (χ3v) is 8.85. The normalized spacial score (nSPS) is 19.0. The van der Waals surface area contributed by atoms with Crippen molar-refractivity contribution < 1.29 is 23.9 Å². The number of likely N-dealkylation sites (tertiary alicyclic amines) is 1. The summed E-state index contributed by atoms with van der Waals surface area (Å²) in [6.45, 7) is 4.54. The van der Waals surface area contributed by atoms with Crippen molar-refractivity contribution in [1.29, 1.82) is 0 Å². The Bertz CT molecular complexity index is 1350. The van der Waals surface area contributed by atoms with E-state index in [0.29, 0.717) is 37.0 Å². The predicted molar refractivity (Wildman–Crippen MR) is 170 cm³/mol. The molecule has 2 fully saturated rings. The van der Waals surface area contributed by atoms with E-state index in [4.69, 9.17) is 9.47 Å². The van der Waals surface area contributed by atoms with E-state index in [9.17, 15) is 14.4 Å². The summed E-state index contributed by atoms with van der Waals surface area (Å²) in [5, 5.41) is 2.92. The van der Waals surface area contributed by atoms with Crippen molar-refractivity contribution in [1.82, 2.24) is 10.2 Å². The van der Waals surface area contributed by atoms with Gasteiger partial charge in [-0.3, -0.25) is 14.4 Å². The molecule has 3 aromatic carbocycles. The van der Waals surface area contributed by atoms with Gasteiger partial charge in [-0.2, -0.15) is 0 Å². The van der Waals surface area contributed by atoms with E-state index in [-0.39, 0.29) is 12.3 Å². The summed E-state index contributed by atoms with van der Waals surface area (Å²) in [6, 6.07) is 26.3. The van der Waals surface area contributed by atoms with Crippen LogP contribution in [0, 0.1) is 17.8 Å². The topological polar surface area (TPSA) is 84.9 Å². The van der Waals surface area contributed by atoms with Gasteiger partial charge in [0.1, 0.15) is 5.75 Å². The van der Waals surface area contributed by atoms with E-state index in [0.717, 1.165) is 36.4 Å². The molecular formula is C37H44N2O5. The molecule has 7 nitrogen and oxygen atoms in total.